The van der Waals surface area contributed by atoms with Gasteiger partial charge in [-0.25, -0.2) is 9.37 Å². The van der Waals surface area contributed by atoms with Crippen molar-refractivity contribution in [2.75, 3.05) is 32.8 Å². The number of morpholine rings is 1. The molecule has 0 spiro atoms. The van der Waals surface area contributed by atoms with Crippen molar-refractivity contribution >= 4 is 5.91 Å². The van der Waals surface area contributed by atoms with Crippen molar-refractivity contribution in [3.8, 4) is 11.9 Å². The van der Waals surface area contributed by atoms with E-state index >= 15 is 0 Å². The molecule has 0 radical (unpaired) electrons. The van der Waals surface area contributed by atoms with Gasteiger partial charge in [0.05, 0.1) is 30.2 Å². The smallest absolute Gasteiger partial charge is 0.230 e. The molecule has 1 aliphatic carbocycles. The highest BCUT2D eigenvalue weighted by Crippen LogP contribution is 2.36. The SMILES string of the molecule is Cc1c([C@@H]2CN3CCN(C(=O)C4CCc5cc(-n6cnnn6)ncc54)C[C@H]3CO2)ccc(F)c1C#N. The number of nitriles is 1. The van der Waals surface area contributed by atoms with E-state index < -0.39 is 5.82 Å². The van der Waals surface area contributed by atoms with Gasteiger partial charge in [-0.3, -0.25) is 9.69 Å². The maximum atomic E-state index is 14.0. The van der Waals surface area contributed by atoms with Crippen LogP contribution in [-0.2, 0) is 16.0 Å². The molecule has 1 aromatic carbocycles. The van der Waals surface area contributed by atoms with Crippen LogP contribution in [-0.4, -0.2) is 79.7 Å². The minimum absolute atomic E-state index is 0.0741. The van der Waals surface area contributed by atoms with Gasteiger partial charge in [0.25, 0.3) is 0 Å². The number of aromatic nitrogens is 5. The van der Waals surface area contributed by atoms with Crippen LogP contribution in [0.15, 0.2) is 30.7 Å². The van der Waals surface area contributed by atoms with Gasteiger partial charge in [0.1, 0.15) is 18.2 Å². The Bertz CT molecular complexity index is 1350. The van der Waals surface area contributed by atoms with Crippen molar-refractivity contribution < 1.29 is 13.9 Å². The standard InChI is InChI=1S/C25H25FN8O2/c1-15-18(4-5-22(26)20(15)9-27)23-12-32-6-7-33(11-17(32)13-36-23)25(35)19-3-2-16-8-24(28-10-21(16)19)34-14-29-30-31-34/h4-5,8,10,14,17,19,23H,2-3,6-7,11-13H2,1H3/t17-,19?,23-/m0/s1. The Kier molecular flexibility index (Phi) is 5.70. The molecule has 2 fully saturated rings. The summed E-state index contributed by atoms with van der Waals surface area (Å²) in [6.07, 6.45) is 4.65. The van der Waals surface area contributed by atoms with E-state index in [1.807, 2.05) is 17.0 Å². The van der Waals surface area contributed by atoms with E-state index in [9.17, 15) is 14.4 Å². The van der Waals surface area contributed by atoms with Gasteiger partial charge in [-0.15, -0.1) is 5.10 Å². The number of amides is 1. The van der Waals surface area contributed by atoms with Gasteiger partial charge in [-0.1, -0.05) is 6.07 Å². The van der Waals surface area contributed by atoms with E-state index in [4.69, 9.17) is 4.74 Å². The Labute approximate surface area is 207 Å². The molecule has 6 rings (SSSR count). The normalized spacial score (nSPS) is 23.7. The van der Waals surface area contributed by atoms with Gasteiger partial charge in [0.15, 0.2) is 5.82 Å². The Hall–Kier alpha value is -3.75. The number of hydrogen-bond donors (Lipinski definition) is 0. The number of fused-ring (bicyclic) bond motifs is 2. The van der Waals surface area contributed by atoms with Crippen LogP contribution in [0, 0.1) is 24.1 Å². The van der Waals surface area contributed by atoms with Crippen molar-refractivity contribution in [1.82, 2.24) is 35.0 Å². The van der Waals surface area contributed by atoms with Crippen LogP contribution >= 0.6 is 0 Å². The van der Waals surface area contributed by atoms with Crippen LogP contribution in [0.5, 0.6) is 0 Å². The predicted octanol–water partition coefficient (Wildman–Crippen LogP) is 1.69. The lowest BCUT2D eigenvalue weighted by atomic mass is 9.95. The molecule has 10 nitrogen and oxygen atoms in total. The second kappa shape index (κ2) is 9.04. The average molecular weight is 489 g/mol. The summed E-state index contributed by atoms with van der Waals surface area (Å²) in [6.45, 7) is 4.90. The second-order valence-corrected chi connectivity index (χ2v) is 9.59. The molecule has 11 heteroatoms. The molecule has 0 saturated carbocycles. The monoisotopic (exact) mass is 488 g/mol. The molecule has 4 heterocycles. The number of tetrazole rings is 1. The lowest BCUT2D eigenvalue weighted by molar-refractivity contribution is -0.141. The first-order chi connectivity index (χ1) is 17.5. The third-order valence-electron chi connectivity index (χ3n) is 7.69. The topological polar surface area (TPSA) is 113 Å². The number of benzene rings is 1. The molecule has 36 heavy (non-hydrogen) atoms. The molecule has 2 aliphatic heterocycles. The first kappa shape index (κ1) is 22.7. The Morgan fingerprint density at radius 1 is 1.25 bits per heavy atom. The van der Waals surface area contributed by atoms with E-state index in [-0.39, 0.29) is 29.5 Å². The number of hydrogen-bond acceptors (Lipinski definition) is 8. The number of halogens is 1. The number of carbonyl (C=O) groups is 1. The number of aryl methyl sites for hydroxylation is 1. The molecule has 3 aromatic rings. The number of ether oxygens (including phenoxy) is 1. The second-order valence-electron chi connectivity index (χ2n) is 9.59. The van der Waals surface area contributed by atoms with Gasteiger partial charge < -0.3 is 9.64 Å². The minimum atomic E-state index is -0.505. The summed E-state index contributed by atoms with van der Waals surface area (Å²) in [6, 6.07) is 7.08. The Morgan fingerprint density at radius 2 is 2.14 bits per heavy atom. The first-order valence-electron chi connectivity index (χ1n) is 12.1. The lowest BCUT2D eigenvalue weighted by Gasteiger charge is -2.46. The molecule has 1 unspecified atom stereocenters. The fourth-order valence-corrected chi connectivity index (χ4v) is 5.70. The maximum Gasteiger partial charge on any atom is 0.230 e. The molecule has 2 aromatic heterocycles. The fraction of sp³-hybridized carbons (Fsp3) is 0.440. The Balaban J connectivity index is 1.12. The van der Waals surface area contributed by atoms with Crippen molar-refractivity contribution in [2.24, 2.45) is 0 Å². The highest BCUT2D eigenvalue weighted by atomic mass is 19.1. The number of pyridine rings is 1. The van der Waals surface area contributed by atoms with Gasteiger partial charge in [0, 0.05) is 32.4 Å². The molecule has 3 atom stereocenters. The minimum Gasteiger partial charge on any atom is -0.370 e. The van der Waals surface area contributed by atoms with Gasteiger partial charge in [-0.2, -0.15) is 9.94 Å². The molecular formula is C25H25FN8O2. The van der Waals surface area contributed by atoms with Gasteiger partial charge >= 0.3 is 0 Å². The highest BCUT2D eigenvalue weighted by molar-refractivity contribution is 5.85. The number of carbonyl (C=O) groups excluding carboxylic acids is 1. The summed E-state index contributed by atoms with van der Waals surface area (Å²) in [5.41, 5.74) is 3.65. The van der Waals surface area contributed by atoms with Crippen LogP contribution in [0.2, 0.25) is 0 Å². The van der Waals surface area contributed by atoms with E-state index in [0.717, 1.165) is 36.1 Å². The summed E-state index contributed by atoms with van der Waals surface area (Å²) in [4.78, 5) is 22.3. The van der Waals surface area contributed by atoms with E-state index in [0.29, 0.717) is 37.6 Å². The quantitative estimate of drug-likeness (QED) is 0.547. The largest absolute Gasteiger partial charge is 0.370 e. The third-order valence-corrected chi connectivity index (χ3v) is 7.69. The molecule has 3 aliphatic rings. The first-order valence-corrected chi connectivity index (χ1v) is 12.1. The maximum absolute atomic E-state index is 14.0. The summed E-state index contributed by atoms with van der Waals surface area (Å²) in [7, 11) is 0. The summed E-state index contributed by atoms with van der Waals surface area (Å²) in [5, 5.41) is 20.5. The van der Waals surface area contributed by atoms with E-state index in [1.54, 1.807) is 19.2 Å². The highest BCUT2D eigenvalue weighted by Gasteiger charge is 2.39. The lowest BCUT2D eigenvalue weighted by Crippen LogP contribution is -2.60. The molecule has 0 bridgehead atoms. The summed E-state index contributed by atoms with van der Waals surface area (Å²) < 4.78 is 21.7. The molecule has 0 N–H and O–H groups in total. The zero-order chi connectivity index (χ0) is 24.8. The van der Waals surface area contributed by atoms with Crippen LogP contribution in [0.3, 0.4) is 0 Å². The predicted molar refractivity (Wildman–Crippen MR) is 124 cm³/mol. The van der Waals surface area contributed by atoms with Gasteiger partial charge in [-0.05, 0) is 64.6 Å². The molecular weight excluding hydrogens is 463 g/mol. The van der Waals surface area contributed by atoms with E-state index in [2.05, 4.69) is 25.4 Å². The van der Waals surface area contributed by atoms with Crippen molar-refractivity contribution in [3.05, 3.63) is 64.4 Å². The third kappa shape index (κ3) is 3.83. The number of rotatable bonds is 3. The fourth-order valence-electron chi connectivity index (χ4n) is 5.70. The Morgan fingerprint density at radius 3 is 2.94 bits per heavy atom. The van der Waals surface area contributed by atoms with Crippen LogP contribution in [0.4, 0.5) is 4.39 Å². The van der Waals surface area contributed by atoms with Crippen LogP contribution in [0.25, 0.3) is 5.82 Å². The molecule has 184 valence electrons. The average Bonchev–Trinajstić information content (AvgIpc) is 3.58. The zero-order valence-corrected chi connectivity index (χ0v) is 19.8. The molecule has 1 amide bonds. The summed E-state index contributed by atoms with van der Waals surface area (Å²) >= 11 is 0. The van der Waals surface area contributed by atoms with Gasteiger partial charge in [0.2, 0.25) is 5.91 Å². The number of piperazine rings is 1. The van der Waals surface area contributed by atoms with Crippen molar-refractivity contribution in [2.45, 2.75) is 37.8 Å². The zero-order valence-electron chi connectivity index (χ0n) is 19.8. The van der Waals surface area contributed by atoms with Crippen LogP contribution < -0.4 is 0 Å². The number of nitrogens with zero attached hydrogens (tertiary/aromatic N) is 8. The van der Waals surface area contributed by atoms with Crippen molar-refractivity contribution in [3.63, 3.8) is 0 Å². The summed E-state index contributed by atoms with van der Waals surface area (Å²) in [5.74, 6) is 0.0913. The molecule has 2 saturated heterocycles. The van der Waals surface area contributed by atoms with Crippen molar-refractivity contribution in [1.29, 1.82) is 5.26 Å². The van der Waals surface area contributed by atoms with Crippen LogP contribution in [0.1, 0.15) is 46.3 Å². The van der Waals surface area contributed by atoms with E-state index in [1.165, 1.54) is 17.1 Å².